The van der Waals surface area contributed by atoms with Crippen LogP contribution in [0.5, 0.6) is 0 Å². The van der Waals surface area contributed by atoms with Crippen molar-refractivity contribution in [3.63, 3.8) is 0 Å². The minimum atomic E-state index is 0.0572. The maximum Gasteiger partial charge on any atom is 0.258 e. The van der Waals surface area contributed by atoms with Crippen LogP contribution in [-0.2, 0) is 0 Å². The average molecular weight is 345 g/mol. The van der Waals surface area contributed by atoms with E-state index in [0.717, 1.165) is 46.5 Å². The minimum absolute atomic E-state index is 0.0572. The number of carbonyl (C=O) groups is 1. The van der Waals surface area contributed by atoms with Crippen molar-refractivity contribution < 1.29 is 4.79 Å². The Balaban J connectivity index is 1.99. The summed E-state index contributed by atoms with van der Waals surface area (Å²) >= 11 is 3.48. The Labute approximate surface area is 133 Å². The van der Waals surface area contributed by atoms with Gasteiger partial charge in [0.2, 0.25) is 0 Å². The normalized spacial score (nSPS) is 14.1. The van der Waals surface area contributed by atoms with Crippen LogP contribution in [0.2, 0.25) is 0 Å². The third-order valence-corrected chi connectivity index (χ3v) is 4.61. The van der Waals surface area contributed by atoms with Gasteiger partial charge >= 0.3 is 0 Å². The minimum Gasteiger partial charge on any atom is -0.383 e. The molecule has 2 aromatic carbocycles. The Morgan fingerprint density at radius 3 is 2.86 bits per heavy atom. The first-order valence-corrected chi connectivity index (χ1v) is 7.87. The highest BCUT2D eigenvalue weighted by atomic mass is 79.9. The summed E-state index contributed by atoms with van der Waals surface area (Å²) in [6, 6.07) is 13.7. The van der Waals surface area contributed by atoms with E-state index in [4.69, 9.17) is 0 Å². The molecule has 0 fully saturated rings. The highest BCUT2D eigenvalue weighted by molar-refractivity contribution is 9.10. The zero-order valence-corrected chi connectivity index (χ0v) is 13.5. The van der Waals surface area contributed by atoms with Gasteiger partial charge in [-0.15, -0.1) is 0 Å². The summed E-state index contributed by atoms with van der Waals surface area (Å²) in [5, 5.41) is 3.38. The van der Waals surface area contributed by atoms with Gasteiger partial charge in [-0.1, -0.05) is 28.1 Å². The molecule has 1 aliphatic heterocycles. The average Bonchev–Trinajstić information content (AvgIpc) is 2.71. The molecular formula is C17H17BrN2O. The molecule has 1 aliphatic rings. The van der Waals surface area contributed by atoms with Gasteiger partial charge in [-0.25, -0.2) is 0 Å². The molecule has 0 unspecified atom stereocenters. The van der Waals surface area contributed by atoms with Gasteiger partial charge in [0, 0.05) is 23.1 Å². The third kappa shape index (κ3) is 2.81. The number of aryl methyl sites for hydroxylation is 1. The summed E-state index contributed by atoms with van der Waals surface area (Å²) in [6.07, 6.45) is 0.940. The second kappa shape index (κ2) is 5.90. The predicted molar refractivity (Wildman–Crippen MR) is 90.1 cm³/mol. The van der Waals surface area contributed by atoms with Crippen LogP contribution in [0.1, 0.15) is 22.3 Å². The maximum absolute atomic E-state index is 12.9. The molecule has 1 heterocycles. The summed E-state index contributed by atoms with van der Waals surface area (Å²) in [5.74, 6) is 0.0572. The number of fused-ring (bicyclic) bond motifs is 1. The Kier molecular flexibility index (Phi) is 3.97. The molecule has 3 rings (SSSR count). The second-order valence-electron chi connectivity index (χ2n) is 5.22. The number of hydrogen-bond donors (Lipinski definition) is 1. The number of para-hydroxylation sites is 2. The van der Waals surface area contributed by atoms with Gasteiger partial charge in [0.25, 0.3) is 5.91 Å². The van der Waals surface area contributed by atoms with Gasteiger partial charge in [-0.2, -0.15) is 0 Å². The van der Waals surface area contributed by atoms with Crippen molar-refractivity contribution in [2.75, 3.05) is 23.3 Å². The Morgan fingerprint density at radius 2 is 2.05 bits per heavy atom. The highest BCUT2D eigenvalue weighted by Crippen LogP contribution is 2.29. The van der Waals surface area contributed by atoms with Gasteiger partial charge in [-0.05, 0) is 49.2 Å². The lowest BCUT2D eigenvalue weighted by molar-refractivity contribution is 0.0987. The number of hydrogen-bond acceptors (Lipinski definition) is 2. The Morgan fingerprint density at radius 1 is 1.24 bits per heavy atom. The van der Waals surface area contributed by atoms with E-state index in [0.29, 0.717) is 0 Å². The molecule has 0 bridgehead atoms. The first-order valence-electron chi connectivity index (χ1n) is 7.08. The number of halogens is 1. The smallest absolute Gasteiger partial charge is 0.258 e. The molecule has 0 atom stereocenters. The van der Waals surface area contributed by atoms with E-state index in [1.54, 1.807) is 0 Å². The van der Waals surface area contributed by atoms with Crippen molar-refractivity contribution in [1.82, 2.24) is 0 Å². The zero-order chi connectivity index (χ0) is 14.8. The molecule has 0 saturated carbocycles. The third-order valence-electron chi connectivity index (χ3n) is 3.72. The number of anilines is 2. The molecule has 4 heteroatoms. The molecule has 1 amide bonds. The van der Waals surface area contributed by atoms with Crippen LogP contribution in [0.15, 0.2) is 46.9 Å². The Hall–Kier alpha value is -1.81. The standard InChI is InChI=1S/C17H17BrN2O/c1-12-11-13(7-8-14(12)18)17(21)20-10-4-9-19-15-5-2-3-6-16(15)20/h2-3,5-8,11,19H,4,9-10H2,1H3. The van der Waals surface area contributed by atoms with E-state index < -0.39 is 0 Å². The fourth-order valence-corrected chi connectivity index (χ4v) is 2.83. The summed E-state index contributed by atoms with van der Waals surface area (Å²) in [5.41, 5.74) is 3.78. The molecule has 0 aromatic heterocycles. The first kappa shape index (κ1) is 14.1. The quantitative estimate of drug-likeness (QED) is 0.839. The summed E-state index contributed by atoms with van der Waals surface area (Å²) in [4.78, 5) is 14.7. The number of nitrogens with zero attached hydrogens (tertiary/aromatic N) is 1. The molecule has 1 N–H and O–H groups in total. The van der Waals surface area contributed by atoms with Gasteiger partial charge < -0.3 is 10.2 Å². The SMILES string of the molecule is Cc1cc(C(=O)N2CCCNc3ccccc32)ccc1Br. The molecule has 2 aromatic rings. The van der Waals surface area contributed by atoms with Crippen LogP contribution in [0.3, 0.4) is 0 Å². The summed E-state index contributed by atoms with van der Waals surface area (Å²) < 4.78 is 1.02. The molecule has 21 heavy (non-hydrogen) atoms. The summed E-state index contributed by atoms with van der Waals surface area (Å²) in [6.45, 7) is 3.62. The van der Waals surface area contributed by atoms with Crippen molar-refractivity contribution >= 4 is 33.2 Å². The van der Waals surface area contributed by atoms with E-state index >= 15 is 0 Å². The van der Waals surface area contributed by atoms with E-state index in [1.807, 2.05) is 54.3 Å². The molecule has 0 saturated heterocycles. The monoisotopic (exact) mass is 344 g/mol. The molecule has 0 spiro atoms. The van der Waals surface area contributed by atoms with Crippen molar-refractivity contribution in [3.05, 3.63) is 58.1 Å². The lowest BCUT2D eigenvalue weighted by Gasteiger charge is -2.22. The van der Waals surface area contributed by atoms with Crippen LogP contribution in [0.4, 0.5) is 11.4 Å². The van der Waals surface area contributed by atoms with E-state index in [-0.39, 0.29) is 5.91 Å². The number of rotatable bonds is 1. The van der Waals surface area contributed by atoms with Crippen LogP contribution in [-0.4, -0.2) is 19.0 Å². The van der Waals surface area contributed by atoms with Crippen LogP contribution >= 0.6 is 15.9 Å². The largest absolute Gasteiger partial charge is 0.383 e. The first-order chi connectivity index (χ1) is 10.2. The predicted octanol–water partition coefficient (Wildman–Crippen LogP) is 4.22. The lowest BCUT2D eigenvalue weighted by Crippen LogP contribution is -2.31. The molecule has 108 valence electrons. The number of benzene rings is 2. The topological polar surface area (TPSA) is 32.3 Å². The maximum atomic E-state index is 12.9. The van der Waals surface area contributed by atoms with Gasteiger partial charge in [-0.3, -0.25) is 4.79 Å². The van der Waals surface area contributed by atoms with Crippen molar-refractivity contribution in [3.8, 4) is 0 Å². The van der Waals surface area contributed by atoms with E-state index in [2.05, 4.69) is 21.2 Å². The number of amides is 1. The molecular weight excluding hydrogens is 328 g/mol. The van der Waals surface area contributed by atoms with Crippen LogP contribution < -0.4 is 10.2 Å². The van der Waals surface area contributed by atoms with Gasteiger partial charge in [0.05, 0.1) is 11.4 Å². The highest BCUT2D eigenvalue weighted by Gasteiger charge is 2.22. The fraction of sp³-hybridized carbons (Fsp3) is 0.235. The molecule has 0 radical (unpaired) electrons. The lowest BCUT2D eigenvalue weighted by atomic mass is 10.1. The van der Waals surface area contributed by atoms with Crippen molar-refractivity contribution in [1.29, 1.82) is 0 Å². The van der Waals surface area contributed by atoms with Crippen molar-refractivity contribution in [2.24, 2.45) is 0 Å². The van der Waals surface area contributed by atoms with Gasteiger partial charge in [0.1, 0.15) is 0 Å². The number of carbonyl (C=O) groups excluding carboxylic acids is 1. The second-order valence-corrected chi connectivity index (χ2v) is 6.07. The van der Waals surface area contributed by atoms with Crippen LogP contribution in [0, 0.1) is 6.92 Å². The summed E-state index contributed by atoms with van der Waals surface area (Å²) in [7, 11) is 0. The van der Waals surface area contributed by atoms with E-state index in [1.165, 1.54) is 0 Å². The van der Waals surface area contributed by atoms with Crippen LogP contribution in [0.25, 0.3) is 0 Å². The Bertz CT molecular complexity index is 684. The van der Waals surface area contributed by atoms with Gasteiger partial charge in [0.15, 0.2) is 0 Å². The molecule has 0 aliphatic carbocycles. The van der Waals surface area contributed by atoms with E-state index in [9.17, 15) is 4.79 Å². The molecule has 3 nitrogen and oxygen atoms in total. The fourth-order valence-electron chi connectivity index (χ4n) is 2.58. The number of nitrogens with one attached hydrogen (secondary N) is 1. The zero-order valence-electron chi connectivity index (χ0n) is 11.9. The van der Waals surface area contributed by atoms with Crippen molar-refractivity contribution in [2.45, 2.75) is 13.3 Å².